The molecule has 1 fully saturated rings. The summed E-state index contributed by atoms with van der Waals surface area (Å²) in [6.07, 6.45) is 3.17. The second-order valence-electron chi connectivity index (χ2n) is 5.21. The van der Waals surface area contributed by atoms with Crippen LogP contribution in [-0.4, -0.2) is 44.3 Å². The van der Waals surface area contributed by atoms with E-state index in [-0.39, 0.29) is 5.91 Å². The molecule has 21 heavy (non-hydrogen) atoms. The number of hydrogen-bond acceptors (Lipinski definition) is 5. The molecule has 1 aliphatic heterocycles. The van der Waals surface area contributed by atoms with Gasteiger partial charge >= 0.3 is 0 Å². The van der Waals surface area contributed by atoms with E-state index >= 15 is 0 Å². The summed E-state index contributed by atoms with van der Waals surface area (Å²) in [5.74, 6) is 0.426. The van der Waals surface area contributed by atoms with Crippen LogP contribution in [0.2, 0.25) is 0 Å². The molecule has 0 aliphatic carbocycles. The molecular formula is C15H23N3O3. The lowest BCUT2D eigenvalue weighted by Crippen LogP contribution is -2.47. The van der Waals surface area contributed by atoms with E-state index in [9.17, 15) is 4.79 Å². The fraction of sp³-hybridized carbons (Fsp3) is 0.600. The average molecular weight is 293 g/mol. The number of aromatic nitrogens is 1. The molecule has 1 aromatic rings. The van der Waals surface area contributed by atoms with Crippen LogP contribution in [-0.2, 0) is 9.53 Å². The Bertz CT molecular complexity index is 467. The standard InChI is InChI=1S/C15H23N3O3/c1-3-21-13-12(5-4-8-17-13)18-14(19)15(11-20-2)6-9-16-10-7-15/h4-5,8,16H,3,6-7,9-11H2,1-2H3,(H,18,19). The zero-order valence-corrected chi connectivity index (χ0v) is 12.6. The molecule has 1 saturated heterocycles. The summed E-state index contributed by atoms with van der Waals surface area (Å²) < 4.78 is 10.7. The van der Waals surface area contributed by atoms with Crippen LogP contribution in [0.3, 0.4) is 0 Å². The SMILES string of the molecule is CCOc1ncccc1NC(=O)C1(COC)CCNCC1. The lowest BCUT2D eigenvalue weighted by molar-refractivity contribution is -0.130. The van der Waals surface area contributed by atoms with Crippen molar-refractivity contribution in [2.45, 2.75) is 19.8 Å². The third kappa shape index (κ3) is 3.71. The number of ether oxygens (including phenoxy) is 2. The first kappa shape index (κ1) is 15.7. The number of hydrogen-bond donors (Lipinski definition) is 2. The van der Waals surface area contributed by atoms with Crippen LogP contribution in [0.4, 0.5) is 5.69 Å². The van der Waals surface area contributed by atoms with Crippen molar-refractivity contribution in [2.24, 2.45) is 5.41 Å². The van der Waals surface area contributed by atoms with Gasteiger partial charge in [-0.2, -0.15) is 0 Å². The summed E-state index contributed by atoms with van der Waals surface area (Å²) in [7, 11) is 1.63. The van der Waals surface area contributed by atoms with E-state index in [1.165, 1.54) is 0 Å². The van der Waals surface area contributed by atoms with Gasteiger partial charge in [0.2, 0.25) is 11.8 Å². The first-order chi connectivity index (χ1) is 10.2. The summed E-state index contributed by atoms with van der Waals surface area (Å²) >= 11 is 0. The number of piperidine rings is 1. The predicted molar refractivity (Wildman–Crippen MR) is 80.4 cm³/mol. The Kier molecular flexibility index (Phi) is 5.52. The topological polar surface area (TPSA) is 72.5 Å². The number of carbonyl (C=O) groups is 1. The lowest BCUT2D eigenvalue weighted by Gasteiger charge is -2.35. The van der Waals surface area contributed by atoms with Crippen molar-refractivity contribution in [3.8, 4) is 5.88 Å². The molecule has 1 aromatic heterocycles. The third-order valence-electron chi connectivity index (χ3n) is 3.76. The highest BCUT2D eigenvalue weighted by Gasteiger charge is 2.40. The van der Waals surface area contributed by atoms with Crippen molar-refractivity contribution in [1.82, 2.24) is 10.3 Å². The van der Waals surface area contributed by atoms with Crippen LogP contribution >= 0.6 is 0 Å². The second-order valence-corrected chi connectivity index (χ2v) is 5.21. The Labute approximate surface area is 125 Å². The van der Waals surface area contributed by atoms with E-state index in [2.05, 4.69) is 15.6 Å². The van der Waals surface area contributed by atoms with Gasteiger partial charge in [0.25, 0.3) is 0 Å². The molecule has 0 bridgehead atoms. The van der Waals surface area contributed by atoms with E-state index in [1.807, 2.05) is 6.92 Å². The number of carbonyl (C=O) groups excluding carboxylic acids is 1. The molecule has 2 N–H and O–H groups in total. The van der Waals surface area contributed by atoms with Gasteiger partial charge in [-0.3, -0.25) is 4.79 Å². The molecule has 0 unspecified atom stereocenters. The van der Waals surface area contributed by atoms with E-state index in [1.54, 1.807) is 25.4 Å². The van der Waals surface area contributed by atoms with Crippen LogP contribution in [0.1, 0.15) is 19.8 Å². The zero-order chi connectivity index (χ0) is 15.1. The molecular weight excluding hydrogens is 270 g/mol. The number of nitrogens with one attached hydrogen (secondary N) is 2. The van der Waals surface area contributed by atoms with Gasteiger partial charge in [0, 0.05) is 13.3 Å². The smallest absolute Gasteiger partial charge is 0.237 e. The van der Waals surface area contributed by atoms with Crippen LogP contribution in [0.15, 0.2) is 18.3 Å². The minimum absolute atomic E-state index is 0.0280. The number of methoxy groups -OCH3 is 1. The monoisotopic (exact) mass is 293 g/mol. The fourth-order valence-electron chi connectivity index (χ4n) is 2.61. The first-order valence-corrected chi connectivity index (χ1v) is 7.31. The van der Waals surface area contributed by atoms with Crippen LogP contribution < -0.4 is 15.4 Å². The molecule has 0 radical (unpaired) electrons. The van der Waals surface area contributed by atoms with Crippen LogP contribution in [0, 0.1) is 5.41 Å². The lowest BCUT2D eigenvalue weighted by atomic mass is 9.78. The van der Waals surface area contributed by atoms with Crippen molar-refractivity contribution >= 4 is 11.6 Å². The van der Waals surface area contributed by atoms with Gasteiger partial charge in [-0.05, 0) is 45.0 Å². The molecule has 0 saturated carbocycles. The van der Waals surface area contributed by atoms with Crippen molar-refractivity contribution in [2.75, 3.05) is 38.7 Å². The van der Waals surface area contributed by atoms with Gasteiger partial charge in [0.15, 0.2) is 0 Å². The number of pyridine rings is 1. The molecule has 116 valence electrons. The maximum atomic E-state index is 12.7. The highest BCUT2D eigenvalue weighted by Crippen LogP contribution is 2.32. The number of amides is 1. The molecule has 2 heterocycles. The fourth-order valence-corrected chi connectivity index (χ4v) is 2.61. The van der Waals surface area contributed by atoms with Gasteiger partial charge in [0.05, 0.1) is 18.6 Å². The minimum Gasteiger partial charge on any atom is -0.476 e. The molecule has 0 atom stereocenters. The molecule has 6 nitrogen and oxygen atoms in total. The summed E-state index contributed by atoms with van der Waals surface area (Å²) in [6.45, 7) is 4.46. The number of nitrogens with zero attached hydrogens (tertiary/aromatic N) is 1. The van der Waals surface area contributed by atoms with Crippen LogP contribution in [0.25, 0.3) is 0 Å². The van der Waals surface area contributed by atoms with E-state index < -0.39 is 5.41 Å². The Balaban J connectivity index is 2.15. The average Bonchev–Trinajstić information content (AvgIpc) is 2.50. The Morgan fingerprint density at radius 1 is 1.48 bits per heavy atom. The largest absolute Gasteiger partial charge is 0.476 e. The Morgan fingerprint density at radius 3 is 2.90 bits per heavy atom. The third-order valence-corrected chi connectivity index (χ3v) is 3.76. The molecule has 2 rings (SSSR count). The van der Waals surface area contributed by atoms with Crippen molar-refractivity contribution in [3.05, 3.63) is 18.3 Å². The van der Waals surface area contributed by atoms with Gasteiger partial charge in [0.1, 0.15) is 5.69 Å². The number of anilines is 1. The Hall–Kier alpha value is -1.66. The highest BCUT2D eigenvalue weighted by atomic mass is 16.5. The second kappa shape index (κ2) is 7.38. The maximum absolute atomic E-state index is 12.7. The summed E-state index contributed by atoms with van der Waals surface area (Å²) in [6, 6.07) is 3.58. The highest BCUT2D eigenvalue weighted by molar-refractivity contribution is 5.96. The number of rotatable bonds is 6. The van der Waals surface area contributed by atoms with Gasteiger partial charge in [-0.1, -0.05) is 0 Å². The van der Waals surface area contributed by atoms with Gasteiger partial charge in [-0.15, -0.1) is 0 Å². The van der Waals surface area contributed by atoms with E-state index in [0.717, 1.165) is 25.9 Å². The molecule has 1 aliphatic rings. The molecule has 6 heteroatoms. The quantitative estimate of drug-likeness (QED) is 0.830. The van der Waals surface area contributed by atoms with Crippen LogP contribution in [0.5, 0.6) is 5.88 Å². The van der Waals surface area contributed by atoms with Gasteiger partial charge in [-0.25, -0.2) is 4.98 Å². The molecule has 0 aromatic carbocycles. The first-order valence-electron chi connectivity index (χ1n) is 7.31. The maximum Gasteiger partial charge on any atom is 0.237 e. The van der Waals surface area contributed by atoms with E-state index in [0.29, 0.717) is 24.8 Å². The summed E-state index contributed by atoms with van der Waals surface area (Å²) in [5, 5.41) is 6.23. The van der Waals surface area contributed by atoms with Crippen molar-refractivity contribution in [1.29, 1.82) is 0 Å². The summed E-state index contributed by atoms with van der Waals surface area (Å²) in [5.41, 5.74) is 0.123. The normalized spacial score (nSPS) is 17.2. The van der Waals surface area contributed by atoms with Crippen molar-refractivity contribution < 1.29 is 14.3 Å². The summed E-state index contributed by atoms with van der Waals surface area (Å²) in [4.78, 5) is 16.9. The predicted octanol–water partition coefficient (Wildman–Crippen LogP) is 1.43. The minimum atomic E-state index is -0.487. The van der Waals surface area contributed by atoms with Crippen molar-refractivity contribution in [3.63, 3.8) is 0 Å². The van der Waals surface area contributed by atoms with E-state index in [4.69, 9.17) is 9.47 Å². The van der Waals surface area contributed by atoms with Gasteiger partial charge < -0.3 is 20.1 Å². The molecule has 0 spiro atoms. The Morgan fingerprint density at radius 2 is 2.24 bits per heavy atom. The molecule has 1 amide bonds. The zero-order valence-electron chi connectivity index (χ0n) is 12.6.